The molecule has 0 unspecified atom stereocenters. The normalized spacial score (nSPS) is 16.9. The Morgan fingerprint density at radius 2 is 1.89 bits per heavy atom. The summed E-state index contributed by atoms with van der Waals surface area (Å²) in [6.07, 6.45) is 1.75. The Labute approximate surface area is 219 Å². The van der Waals surface area contributed by atoms with Gasteiger partial charge in [-0.15, -0.1) is 0 Å². The minimum absolute atomic E-state index is 0.0553. The number of nitrogens with zero attached hydrogens (tertiary/aromatic N) is 4. The summed E-state index contributed by atoms with van der Waals surface area (Å²) in [4.78, 5) is 19.4. The van der Waals surface area contributed by atoms with Gasteiger partial charge in [0.2, 0.25) is 0 Å². The van der Waals surface area contributed by atoms with Crippen molar-refractivity contribution in [2.75, 3.05) is 31.0 Å². The van der Waals surface area contributed by atoms with E-state index in [0.29, 0.717) is 27.9 Å². The highest BCUT2D eigenvalue weighted by molar-refractivity contribution is 7.80. The number of hydrogen-bond donors (Lipinski definition) is 1. The molecule has 5 rings (SSSR count). The first-order chi connectivity index (χ1) is 17.9. The average molecular weight is 516 g/mol. The molecule has 37 heavy (non-hydrogen) atoms. The third-order valence-electron chi connectivity index (χ3n) is 6.32. The van der Waals surface area contributed by atoms with Gasteiger partial charge < -0.3 is 24.3 Å². The minimum atomic E-state index is -0.456. The lowest BCUT2D eigenvalue weighted by atomic mass is 10.0. The molecule has 0 bridgehead atoms. The van der Waals surface area contributed by atoms with Gasteiger partial charge in [-0.2, -0.15) is 0 Å². The second kappa shape index (κ2) is 9.90. The van der Waals surface area contributed by atoms with Crippen LogP contribution < -0.4 is 19.9 Å². The zero-order valence-electron chi connectivity index (χ0n) is 20.5. The first kappa shape index (κ1) is 24.3. The van der Waals surface area contributed by atoms with E-state index in [1.54, 1.807) is 12.3 Å². The Morgan fingerprint density at radius 3 is 2.54 bits per heavy atom. The van der Waals surface area contributed by atoms with E-state index in [-0.39, 0.29) is 17.8 Å². The fourth-order valence-corrected chi connectivity index (χ4v) is 4.83. The van der Waals surface area contributed by atoms with Crippen molar-refractivity contribution in [1.29, 1.82) is 0 Å². The summed E-state index contributed by atoms with van der Waals surface area (Å²) in [5.74, 6) is 1.55. The number of furan rings is 1. The van der Waals surface area contributed by atoms with E-state index in [4.69, 9.17) is 21.4 Å². The van der Waals surface area contributed by atoms with Gasteiger partial charge in [0.05, 0.1) is 35.4 Å². The molecule has 2 aromatic carbocycles. The molecular weight excluding hydrogens is 490 g/mol. The van der Waals surface area contributed by atoms with E-state index in [0.717, 1.165) is 17.1 Å². The Hall–Kier alpha value is -4.44. The van der Waals surface area contributed by atoms with Crippen molar-refractivity contribution in [3.63, 3.8) is 0 Å². The maximum Gasteiger partial charge on any atom is 0.273 e. The molecule has 1 aliphatic heterocycles. The third kappa shape index (κ3) is 4.58. The maximum atomic E-state index is 11.2. The van der Waals surface area contributed by atoms with Crippen molar-refractivity contribution in [2.24, 2.45) is 0 Å². The van der Waals surface area contributed by atoms with Crippen LogP contribution in [0.1, 0.15) is 23.5 Å². The van der Waals surface area contributed by atoms with Crippen LogP contribution in [0.4, 0.5) is 17.1 Å². The summed E-state index contributed by atoms with van der Waals surface area (Å²) in [7, 11) is 5.46. The number of nitro groups is 1. The van der Waals surface area contributed by atoms with Crippen LogP contribution in [0, 0.1) is 10.1 Å². The highest BCUT2D eigenvalue weighted by Crippen LogP contribution is 2.44. The van der Waals surface area contributed by atoms with E-state index < -0.39 is 4.92 Å². The molecule has 3 heterocycles. The summed E-state index contributed by atoms with van der Waals surface area (Å²) < 4.78 is 11.8. The van der Waals surface area contributed by atoms with Gasteiger partial charge in [0, 0.05) is 37.7 Å². The number of nitro benzene ring substituents is 1. The molecule has 10 heteroatoms. The number of methoxy groups -OCH3 is 1. The van der Waals surface area contributed by atoms with Crippen molar-refractivity contribution in [2.45, 2.75) is 12.1 Å². The predicted octanol–water partition coefficient (Wildman–Crippen LogP) is 5.50. The molecule has 188 valence electrons. The zero-order valence-corrected chi connectivity index (χ0v) is 21.3. The molecule has 1 N–H and O–H groups in total. The van der Waals surface area contributed by atoms with Crippen molar-refractivity contribution in [3.8, 4) is 17.1 Å². The summed E-state index contributed by atoms with van der Waals surface area (Å²) in [5.41, 5.74) is 3.38. The first-order valence-corrected chi connectivity index (χ1v) is 12.0. The van der Waals surface area contributed by atoms with Crippen LogP contribution in [0.25, 0.3) is 11.3 Å². The lowest BCUT2D eigenvalue weighted by Gasteiger charge is -2.26. The maximum absolute atomic E-state index is 11.2. The number of benzene rings is 2. The van der Waals surface area contributed by atoms with Gasteiger partial charge in [0.1, 0.15) is 23.3 Å². The van der Waals surface area contributed by atoms with Gasteiger partial charge in [-0.05, 0) is 66.8 Å². The van der Waals surface area contributed by atoms with Crippen LogP contribution in [-0.2, 0) is 0 Å². The Balaban J connectivity index is 1.58. The molecular formula is C27H25N5O4S. The number of nitrogens with one attached hydrogen (secondary N) is 1. The van der Waals surface area contributed by atoms with Crippen LogP contribution in [0.2, 0.25) is 0 Å². The Kier molecular flexibility index (Phi) is 6.49. The van der Waals surface area contributed by atoms with E-state index in [1.165, 1.54) is 19.2 Å². The van der Waals surface area contributed by atoms with Gasteiger partial charge in [-0.3, -0.25) is 15.1 Å². The second-order valence-electron chi connectivity index (χ2n) is 8.75. The van der Waals surface area contributed by atoms with Gasteiger partial charge in [-0.1, -0.05) is 6.07 Å². The van der Waals surface area contributed by atoms with Gasteiger partial charge in [0.25, 0.3) is 5.69 Å². The highest BCUT2D eigenvalue weighted by atomic mass is 32.1. The van der Waals surface area contributed by atoms with Crippen LogP contribution in [0.15, 0.2) is 83.4 Å². The summed E-state index contributed by atoms with van der Waals surface area (Å²) >= 11 is 5.79. The van der Waals surface area contributed by atoms with E-state index in [9.17, 15) is 10.1 Å². The molecule has 1 saturated heterocycles. The smallest absolute Gasteiger partial charge is 0.273 e. The monoisotopic (exact) mass is 515 g/mol. The third-order valence-corrected chi connectivity index (χ3v) is 6.64. The van der Waals surface area contributed by atoms with Gasteiger partial charge in [-0.25, -0.2) is 0 Å². The van der Waals surface area contributed by atoms with Crippen LogP contribution in [-0.4, -0.2) is 36.2 Å². The first-order valence-electron chi connectivity index (χ1n) is 11.6. The SMILES string of the molecule is COc1cc([N+](=O)[O-])ccc1-c1ccc([C@H]2[C@H](c3ccccn3)NC(=S)N2c2ccc(N(C)C)cc2)o1. The quantitative estimate of drug-likeness (QED) is 0.194. The van der Waals surface area contributed by atoms with Crippen molar-refractivity contribution >= 4 is 34.4 Å². The zero-order chi connectivity index (χ0) is 26.1. The molecule has 0 amide bonds. The number of hydrogen-bond acceptors (Lipinski definition) is 7. The second-order valence-corrected chi connectivity index (χ2v) is 9.14. The number of rotatable bonds is 7. The molecule has 0 saturated carbocycles. The average Bonchev–Trinajstić information content (AvgIpc) is 3.53. The van der Waals surface area contributed by atoms with Crippen molar-refractivity contribution < 1.29 is 14.1 Å². The molecule has 2 aromatic heterocycles. The molecule has 0 aliphatic carbocycles. The van der Waals surface area contributed by atoms with E-state index in [2.05, 4.69) is 10.3 Å². The largest absolute Gasteiger partial charge is 0.496 e. The van der Waals surface area contributed by atoms with Crippen LogP contribution in [0.5, 0.6) is 5.75 Å². The number of non-ortho nitro benzene ring substituents is 1. The van der Waals surface area contributed by atoms with Crippen molar-refractivity contribution in [1.82, 2.24) is 10.3 Å². The van der Waals surface area contributed by atoms with Crippen LogP contribution >= 0.6 is 12.2 Å². The Bertz CT molecular complexity index is 1440. The number of pyridine rings is 1. The topological polar surface area (TPSA) is 96.9 Å². The fraction of sp³-hybridized carbons (Fsp3) is 0.185. The number of aromatic nitrogens is 1. The molecule has 0 radical (unpaired) electrons. The molecule has 4 aromatic rings. The highest BCUT2D eigenvalue weighted by Gasteiger charge is 2.42. The van der Waals surface area contributed by atoms with Gasteiger partial charge >= 0.3 is 0 Å². The number of anilines is 2. The van der Waals surface area contributed by atoms with Crippen LogP contribution in [0.3, 0.4) is 0 Å². The standard InChI is InChI=1S/C27H25N5O4S/c1-30(2)17-7-9-18(10-8-17)31-26(25(29-27(31)37)21-6-4-5-15-28-21)23-14-13-22(36-23)20-12-11-19(32(33)34)16-24(20)35-3/h4-16,25-26H,1-3H3,(H,29,37)/t25-,26-/m0/s1. The van der Waals surface area contributed by atoms with E-state index in [1.807, 2.05) is 78.5 Å². The van der Waals surface area contributed by atoms with Gasteiger partial charge in [0.15, 0.2) is 5.11 Å². The van der Waals surface area contributed by atoms with Crippen molar-refractivity contribution in [3.05, 3.63) is 101 Å². The fourth-order valence-electron chi connectivity index (χ4n) is 4.49. The number of ether oxygens (including phenoxy) is 1. The molecule has 2 atom stereocenters. The Morgan fingerprint density at radius 1 is 1.11 bits per heavy atom. The lowest BCUT2D eigenvalue weighted by Crippen LogP contribution is -2.29. The molecule has 1 fully saturated rings. The summed E-state index contributed by atoms with van der Waals surface area (Å²) in [6.45, 7) is 0. The molecule has 1 aliphatic rings. The minimum Gasteiger partial charge on any atom is -0.496 e. The summed E-state index contributed by atoms with van der Waals surface area (Å²) in [5, 5.41) is 15.2. The molecule has 0 spiro atoms. The predicted molar refractivity (Wildman–Crippen MR) is 146 cm³/mol. The number of thiocarbonyl (C=S) groups is 1. The summed E-state index contributed by atoms with van der Waals surface area (Å²) in [6, 6.07) is 21.5. The van der Waals surface area contributed by atoms with E-state index >= 15 is 0 Å². The molecule has 9 nitrogen and oxygen atoms in total. The lowest BCUT2D eigenvalue weighted by molar-refractivity contribution is -0.384.